The first-order chi connectivity index (χ1) is 10.1. The van der Waals surface area contributed by atoms with Crippen LogP contribution in [0.15, 0.2) is 29.2 Å². The number of rotatable bonds is 5. The Bertz CT molecular complexity index is 747. The summed E-state index contributed by atoms with van der Waals surface area (Å²) in [4.78, 5) is 0.0795. The van der Waals surface area contributed by atoms with Crippen molar-refractivity contribution in [2.24, 2.45) is 5.73 Å². The van der Waals surface area contributed by atoms with E-state index in [0.717, 1.165) is 0 Å². The molecule has 1 aliphatic rings. The lowest BCUT2D eigenvalue weighted by atomic mass is 10.0. The minimum Gasteiger partial charge on any atom is -0.329 e. The van der Waals surface area contributed by atoms with E-state index in [9.17, 15) is 16.8 Å². The zero-order valence-corrected chi connectivity index (χ0v) is 14.6. The summed E-state index contributed by atoms with van der Waals surface area (Å²) < 4.78 is 50.5. The van der Waals surface area contributed by atoms with Gasteiger partial charge in [-0.1, -0.05) is 11.6 Å². The summed E-state index contributed by atoms with van der Waals surface area (Å²) in [6, 6.07) is 5.80. The average Bonchev–Trinajstić information content (AvgIpc) is 2.71. The molecule has 124 valence electrons. The number of nitrogens with two attached hydrogens (primary N) is 1. The molecule has 0 amide bonds. The normalized spacial score (nSPS) is 24.7. The van der Waals surface area contributed by atoms with Crippen LogP contribution in [0.1, 0.15) is 13.3 Å². The molecular formula is C13H19ClN2O4S2. The maximum atomic E-state index is 12.9. The standard InChI is InChI=1S/C13H19ClN2O4S2/c1-13(6-9-21(17,18)10-13)16(8-7-15)22(19,20)12-4-2-11(14)3-5-12/h2-5H,6-10,15H2,1H3/t13-/m1/s1. The van der Waals surface area contributed by atoms with Crippen LogP contribution in [0.3, 0.4) is 0 Å². The van der Waals surface area contributed by atoms with Crippen molar-refractivity contribution in [2.45, 2.75) is 23.8 Å². The molecule has 0 bridgehead atoms. The van der Waals surface area contributed by atoms with E-state index in [2.05, 4.69) is 0 Å². The third kappa shape index (κ3) is 3.46. The Morgan fingerprint density at radius 3 is 2.36 bits per heavy atom. The molecule has 0 aromatic heterocycles. The predicted molar refractivity (Wildman–Crippen MR) is 86.1 cm³/mol. The molecule has 6 nitrogen and oxygen atoms in total. The van der Waals surface area contributed by atoms with Crippen LogP contribution in [-0.2, 0) is 19.9 Å². The van der Waals surface area contributed by atoms with Crippen molar-refractivity contribution in [3.05, 3.63) is 29.3 Å². The van der Waals surface area contributed by atoms with Crippen molar-refractivity contribution in [3.63, 3.8) is 0 Å². The third-order valence-electron chi connectivity index (χ3n) is 3.82. The van der Waals surface area contributed by atoms with Crippen LogP contribution >= 0.6 is 11.6 Å². The summed E-state index contributed by atoms with van der Waals surface area (Å²) in [7, 11) is -7.08. The molecule has 1 fully saturated rings. The van der Waals surface area contributed by atoms with Gasteiger partial charge in [-0.3, -0.25) is 0 Å². The largest absolute Gasteiger partial charge is 0.329 e. The topological polar surface area (TPSA) is 97.5 Å². The van der Waals surface area contributed by atoms with Gasteiger partial charge in [0.05, 0.1) is 16.4 Å². The van der Waals surface area contributed by atoms with Crippen LogP contribution in [0, 0.1) is 0 Å². The Kier molecular flexibility index (Phi) is 4.89. The van der Waals surface area contributed by atoms with Gasteiger partial charge < -0.3 is 5.73 Å². The molecule has 1 heterocycles. The Morgan fingerprint density at radius 2 is 1.91 bits per heavy atom. The molecule has 1 aromatic carbocycles. The highest BCUT2D eigenvalue weighted by Gasteiger charge is 2.47. The summed E-state index contributed by atoms with van der Waals surface area (Å²) in [6.45, 7) is 1.83. The quantitative estimate of drug-likeness (QED) is 0.833. The second-order valence-electron chi connectivity index (χ2n) is 5.66. The minimum atomic E-state index is -3.84. The highest BCUT2D eigenvalue weighted by Crippen LogP contribution is 2.33. The zero-order chi connectivity index (χ0) is 16.6. The Labute approximate surface area is 136 Å². The first kappa shape index (κ1) is 17.7. The number of hydrogen-bond acceptors (Lipinski definition) is 5. The van der Waals surface area contributed by atoms with Gasteiger partial charge in [0.25, 0.3) is 0 Å². The van der Waals surface area contributed by atoms with E-state index in [0.29, 0.717) is 5.02 Å². The molecule has 0 unspecified atom stereocenters. The molecular weight excluding hydrogens is 348 g/mol. The summed E-state index contributed by atoms with van der Waals surface area (Å²) in [5, 5.41) is 0.430. The van der Waals surface area contributed by atoms with Crippen LogP contribution in [0.25, 0.3) is 0 Å². The zero-order valence-electron chi connectivity index (χ0n) is 12.2. The monoisotopic (exact) mass is 366 g/mol. The van der Waals surface area contributed by atoms with Gasteiger partial charge in [0, 0.05) is 23.7 Å². The van der Waals surface area contributed by atoms with E-state index in [4.69, 9.17) is 17.3 Å². The first-order valence-corrected chi connectivity index (χ1v) is 10.4. The molecule has 0 radical (unpaired) electrons. The van der Waals surface area contributed by atoms with Gasteiger partial charge in [0.1, 0.15) is 0 Å². The highest BCUT2D eigenvalue weighted by atomic mass is 35.5. The van der Waals surface area contributed by atoms with Gasteiger partial charge in [-0.05, 0) is 37.6 Å². The smallest absolute Gasteiger partial charge is 0.243 e. The lowest BCUT2D eigenvalue weighted by Gasteiger charge is -2.36. The lowest BCUT2D eigenvalue weighted by molar-refractivity contribution is 0.238. The van der Waals surface area contributed by atoms with Crippen LogP contribution in [0.2, 0.25) is 5.02 Å². The van der Waals surface area contributed by atoms with Gasteiger partial charge in [0.2, 0.25) is 10.0 Å². The van der Waals surface area contributed by atoms with E-state index in [-0.39, 0.29) is 35.9 Å². The van der Waals surface area contributed by atoms with Crippen molar-refractivity contribution in [2.75, 3.05) is 24.6 Å². The van der Waals surface area contributed by atoms with Crippen LogP contribution in [0.4, 0.5) is 0 Å². The number of halogens is 1. The highest BCUT2D eigenvalue weighted by molar-refractivity contribution is 7.92. The van der Waals surface area contributed by atoms with Crippen LogP contribution in [-0.4, -0.2) is 51.3 Å². The Hall–Kier alpha value is -0.670. The molecule has 0 spiro atoms. The fourth-order valence-electron chi connectivity index (χ4n) is 2.72. The lowest BCUT2D eigenvalue weighted by Crippen LogP contribution is -2.52. The molecule has 2 rings (SSSR count). The Balaban J connectivity index is 2.45. The van der Waals surface area contributed by atoms with Crippen LogP contribution < -0.4 is 5.73 Å². The van der Waals surface area contributed by atoms with E-state index in [1.165, 1.54) is 28.6 Å². The van der Waals surface area contributed by atoms with E-state index < -0.39 is 25.4 Å². The fraction of sp³-hybridized carbons (Fsp3) is 0.538. The van der Waals surface area contributed by atoms with Crippen molar-refractivity contribution in [1.29, 1.82) is 0 Å². The average molecular weight is 367 g/mol. The molecule has 2 N–H and O–H groups in total. The molecule has 1 aliphatic heterocycles. The molecule has 22 heavy (non-hydrogen) atoms. The van der Waals surface area contributed by atoms with Gasteiger partial charge >= 0.3 is 0 Å². The summed E-state index contributed by atoms with van der Waals surface area (Å²) in [6.07, 6.45) is 0.266. The molecule has 1 saturated heterocycles. The summed E-state index contributed by atoms with van der Waals surface area (Å²) in [5.74, 6) is -0.201. The van der Waals surface area contributed by atoms with Crippen molar-refractivity contribution < 1.29 is 16.8 Å². The Morgan fingerprint density at radius 1 is 1.32 bits per heavy atom. The van der Waals surface area contributed by atoms with Crippen molar-refractivity contribution >= 4 is 31.5 Å². The van der Waals surface area contributed by atoms with Crippen LogP contribution in [0.5, 0.6) is 0 Å². The number of nitrogens with zero attached hydrogens (tertiary/aromatic N) is 1. The summed E-state index contributed by atoms with van der Waals surface area (Å²) >= 11 is 5.79. The molecule has 1 atom stereocenters. The predicted octanol–water partition coefficient (Wildman–Crippen LogP) is 0.867. The number of sulfonamides is 1. The maximum Gasteiger partial charge on any atom is 0.243 e. The van der Waals surface area contributed by atoms with Crippen molar-refractivity contribution in [1.82, 2.24) is 4.31 Å². The van der Waals surface area contributed by atoms with E-state index >= 15 is 0 Å². The fourth-order valence-corrected chi connectivity index (χ4v) is 6.89. The third-order valence-corrected chi connectivity index (χ3v) is 8.03. The molecule has 1 aromatic rings. The maximum absolute atomic E-state index is 12.9. The van der Waals surface area contributed by atoms with E-state index in [1.807, 2.05) is 0 Å². The number of benzene rings is 1. The second-order valence-corrected chi connectivity index (χ2v) is 10.1. The molecule has 9 heteroatoms. The van der Waals surface area contributed by atoms with Gasteiger partial charge in [0.15, 0.2) is 9.84 Å². The van der Waals surface area contributed by atoms with Gasteiger partial charge in [-0.15, -0.1) is 0 Å². The number of hydrogen-bond donors (Lipinski definition) is 1. The van der Waals surface area contributed by atoms with Gasteiger partial charge in [-0.2, -0.15) is 4.31 Å². The number of sulfone groups is 1. The minimum absolute atomic E-state index is 0.0132. The van der Waals surface area contributed by atoms with Gasteiger partial charge in [-0.25, -0.2) is 16.8 Å². The second kappa shape index (κ2) is 6.09. The molecule has 0 aliphatic carbocycles. The SMILES string of the molecule is C[C@@]1(N(CCN)S(=O)(=O)c2ccc(Cl)cc2)CCS(=O)(=O)C1. The first-order valence-electron chi connectivity index (χ1n) is 6.80. The van der Waals surface area contributed by atoms with E-state index in [1.54, 1.807) is 6.92 Å². The molecule has 0 saturated carbocycles. The van der Waals surface area contributed by atoms with Crippen molar-refractivity contribution in [3.8, 4) is 0 Å². The summed E-state index contributed by atoms with van der Waals surface area (Å²) in [5.41, 5.74) is 4.57.